The molecular weight excluding hydrogens is 482 g/mol. The fourth-order valence-electron chi connectivity index (χ4n) is 4.74. The van der Waals surface area contributed by atoms with E-state index in [2.05, 4.69) is 27.2 Å². The van der Waals surface area contributed by atoms with Gasteiger partial charge in [0, 0.05) is 31.0 Å². The number of anilines is 2. The Bertz CT molecular complexity index is 1440. The van der Waals surface area contributed by atoms with Crippen molar-refractivity contribution in [3.63, 3.8) is 0 Å². The smallest absolute Gasteiger partial charge is 0.305 e. The molecule has 4 aromatic rings. The zero-order valence-electron chi connectivity index (χ0n) is 20.1. The molecule has 1 aliphatic carbocycles. The maximum Gasteiger partial charge on any atom is 0.305 e. The molecule has 0 spiro atoms. The first kappa shape index (κ1) is 23.7. The van der Waals surface area contributed by atoms with Crippen LogP contribution < -0.4 is 14.9 Å². The van der Waals surface area contributed by atoms with Crippen molar-refractivity contribution in [2.45, 2.75) is 45.4 Å². The molecule has 1 aliphatic rings. The molecule has 184 valence electrons. The van der Waals surface area contributed by atoms with Crippen molar-refractivity contribution in [2.75, 3.05) is 26.0 Å². The van der Waals surface area contributed by atoms with Crippen LogP contribution in [0.5, 0.6) is 5.75 Å². The van der Waals surface area contributed by atoms with Gasteiger partial charge in [-0.2, -0.15) is 0 Å². The van der Waals surface area contributed by atoms with Crippen molar-refractivity contribution in [1.82, 2.24) is 19.9 Å². The molecule has 1 amide bonds. The Morgan fingerprint density at radius 3 is 2.97 bits per heavy atom. The number of benzene rings is 1. The van der Waals surface area contributed by atoms with Gasteiger partial charge >= 0.3 is 4.87 Å². The minimum Gasteiger partial charge on any atom is -0.494 e. The summed E-state index contributed by atoms with van der Waals surface area (Å²) in [6.07, 6.45) is 7.10. The SMILES string of the molecule is CCCCN(C)C(=O)CC1CCc2c(sc3ncnc(Nc4cc5sc(=O)[nH]c5cc4OC)c23)C1. The van der Waals surface area contributed by atoms with Gasteiger partial charge in [0.2, 0.25) is 5.91 Å². The lowest BCUT2D eigenvalue weighted by Gasteiger charge is -2.25. The van der Waals surface area contributed by atoms with E-state index in [1.807, 2.05) is 24.1 Å². The fourth-order valence-corrected chi connectivity index (χ4v) is 6.80. The first-order chi connectivity index (χ1) is 17.0. The largest absolute Gasteiger partial charge is 0.494 e. The predicted molar refractivity (Wildman–Crippen MR) is 142 cm³/mol. The van der Waals surface area contributed by atoms with Crippen LogP contribution in [0, 0.1) is 5.92 Å². The van der Waals surface area contributed by atoms with Gasteiger partial charge in [0.1, 0.15) is 22.7 Å². The number of ether oxygens (including phenoxy) is 1. The number of nitrogens with zero attached hydrogens (tertiary/aromatic N) is 3. The Hall–Kier alpha value is -2.98. The summed E-state index contributed by atoms with van der Waals surface area (Å²) >= 11 is 2.87. The Balaban J connectivity index is 1.41. The lowest BCUT2D eigenvalue weighted by molar-refractivity contribution is -0.131. The van der Waals surface area contributed by atoms with Gasteiger partial charge in [-0.3, -0.25) is 9.59 Å². The number of methoxy groups -OCH3 is 1. The van der Waals surface area contributed by atoms with E-state index in [1.54, 1.807) is 24.8 Å². The number of aryl methyl sites for hydroxylation is 1. The summed E-state index contributed by atoms with van der Waals surface area (Å²) in [6.45, 7) is 2.97. The molecule has 0 radical (unpaired) electrons. The van der Waals surface area contributed by atoms with E-state index in [1.165, 1.54) is 21.8 Å². The highest BCUT2D eigenvalue weighted by Gasteiger charge is 2.27. The third-order valence-corrected chi connectivity index (χ3v) is 8.69. The van der Waals surface area contributed by atoms with Crippen molar-refractivity contribution >= 4 is 60.5 Å². The molecule has 1 aromatic carbocycles. The van der Waals surface area contributed by atoms with Crippen molar-refractivity contribution in [1.29, 1.82) is 0 Å². The van der Waals surface area contributed by atoms with Gasteiger partial charge in [0.05, 0.1) is 28.4 Å². The second-order valence-electron chi connectivity index (χ2n) is 9.08. The highest BCUT2D eigenvalue weighted by molar-refractivity contribution is 7.19. The second kappa shape index (κ2) is 9.94. The summed E-state index contributed by atoms with van der Waals surface area (Å²) in [6, 6.07) is 3.75. The van der Waals surface area contributed by atoms with Crippen molar-refractivity contribution in [2.24, 2.45) is 5.92 Å². The van der Waals surface area contributed by atoms with Gasteiger partial charge in [-0.15, -0.1) is 11.3 Å². The van der Waals surface area contributed by atoms with Gasteiger partial charge in [-0.25, -0.2) is 9.97 Å². The molecule has 0 saturated heterocycles. The number of nitrogens with one attached hydrogen (secondary N) is 2. The summed E-state index contributed by atoms with van der Waals surface area (Å²) in [5.74, 6) is 1.97. The highest BCUT2D eigenvalue weighted by Crippen LogP contribution is 2.42. The summed E-state index contributed by atoms with van der Waals surface area (Å²) in [4.78, 5) is 40.4. The van der Waals surface area contributed by atoms with Crippen LogP contribution >= 0.6 is 22.7 Å². The predicted octanol–water partition coefficient (Wildman–Crippen LogP) is 5.10. The zero-order chi connectivity index (χ0) is 24.5. The number of thiazole rings is 1. The monoisotopic (exact) mass is 511 g/mol. The first-order valence-corrected chi connectivity index (χ1v) is 13.6. The molecule has 5 rings (SSSR count). The Kier molecular flexibility index (Phi) is 6.75. The summed E-state index contributed by atoms with van der Waals surface area (Å²) in [5, 5.41) is 4.49. The van der Waals surface area contributed by atoms with Gasteiger partial charge in [0.25, 0.3) is 0 Å². The normalized spacial score (nSPS) is 15.3. The minimum absolute atomic E-state index is 0.0971. The van der Waals surface area contributed by atoms with Crippen LogP contribution in [0.1, 0.15) is 43.0 Å². The lowest BCUT2D eigenvalue weighted by atomic mass is 9.85. The van der Waals surface area contributed by atoms with Gasteiger partial charge in [0.15, 0.2) is 0 Å². The standard InChI is InChI=1S/C25H29N5O3S2/c1-4-5-8-30(2)21(31)10-14-6-7-15-19(9-14)34-24-22(15)23(26-13-27-24)28-16-12-20-17(11-18(16)33-3)29-25(32)35-20/h11-14H,4-10H2,1-3H3,(H,29,32)(H,26,27,28). The minimum atomic E-state index is -0.0971. The number of hydrogen-bond donors (Lipinski definition) is 2. The van der Waals surface area contributed by atoms with Crippen LogP contribution in [0.15, 0.2) is 23.3 Å². The number of aromatic nitrogens is 3. The number of unbranched alkanes of at least 4 members (excludes halogenated alkanes) is 1. The van der Waals surface area contributed by atoms with Crippen molar-refractivity contribution < 1.29 is 9.53 Å². The van der Waals surface area contributed by atoms with Gasteiger partial charge in [-0.05, 0) is 43.2 Å². The molecule has 0 bridgehead atoms. The molecule has 0 saturated carbocycles. The van der Waals surface area contributed by atoms with Crippen LogP contribution in [-0.4, -0.2) is 46.5 Å². The number of rotatable bonds is 8. The Morgan fingerprint density at radius 2 is 2.17 bits per heavy atom. The van der Waals surface area contributed by atoms with E-state index in [0.29, 0.717) is 18.1 Å². The lowest BCUT2D eigenvalue weighted by Crippen LogP contribution is -2.30. The number of thiophene rings is 1. The maximum atomic E-state index is 12.7. The molecule has 3 aromatic heterocycles. The van der Waals surface area contributed by atoms with Gasteiger partial charge in [-0.1, -0.05) is 24.7 Å². The first-order valence-electron chi connectivity index (χ1n) is 11.9. The van der Waals surface area contributed by atoms with Crippen LogP contribution in [0.2, 0.25) is 0 Å². The Morgan fingerprint density at radius 1 is 1.31 bits per heavy atom. The highest BCUT2D eigenvalue weighted by atomic mass is 32.1. The molecule has 1 atom stereocenters. The average Bonchev–Trinajstić information content (AvgIpc) is 3.40. The number of fused-ring (bicyclic) bond motifs is 4. The molecule has 35 heavy (non-hydrogen) atoms. The molecule has 0 aliphatic heterocycles. The average molecular weight is 512 g/mol. The molecular formula is C25H29N5O3S2. The number of carbonyl (C=O) groups is 1. The zero-order valence-corrected chi connectivity index (χ0v) is 21.8. The number of amides is 1. The van der Waals surface area contributed by atoms with E-state index >= 15 is 0 Å². The second-order valence-corrected chi connectivity index (χ2v) is 11.2. The molecule has 1 unspecified atom stereocenters. The topological polar surface area (TPSA) is 100 Å². The van der Waals surface area contributed by atoms with Crippen LogP contribution in [-0.2, 0) is 17.6 Å². The van der Waals surface area contributed by atoms with E-state index < -0.39 is 0 Å². The summed E-state index contributed by atoms with van der Waals surface area (Å²) < 4.78 is 6.43. The van der Waals surface area contributed by atoms with Gasteiger partial charge < -0.3 is 19.9 Å². The van der Waals surface area contributed by atoms with E-state index in [4.69, 9.17) is 4.74 Å². The third-order valence-electron chi connectivity index (χ3n) is 6.68. The van der Waals surface area contributed by atoms with E-state index in [0.717, 1.165) is 70.6 Å². The number of carbonyl (C=O) groups excluding carboxylic acids is 1. The van der Waals surface area contributed by atoms with Crippen molar-refractivity contribution in [3.8, 4) is 5.75 Å². The van der Waals surface area contributed by atoms with Crippen LogP contribution in [0.4, 0.5) is 11.5 Å². The number of H-pyrrole nitrogens is 1. The number of aromatic amines is 1. The van der Waals surface area contributed by atoms with E-state index in [9.17, 15) is 9.59 Å². The van der Waals surface area contributed by atoms with Crippen LogP contribution in [0.3, 0.4) is 0 Å². The molecule has 10 heteroatoms. The molecule has 8 nitrogen and oxygen atoms in total. The van der Waals surface area contributed by atoms with E-state index in [-0.39, 0.29) is 10.8 Å². The van der Waals surface area contributed by atoms with Crippen molar-refractivity contribution in [3.05, 3.63) is 38.6 Å². The molecule has 3 heterocycles. The third kappa shape index (κ3) is 4.77. The van der Waals surface area contributed by atoms with Crippen LogP contribution in [0.25, 0.3) is 20.4 Å². The summed E-state index contributed by atoms with van der Waals surface area (Å²) in [5.41, 5.74) is 2.79. The maximum absolute atomic E-state index is 12.7. The fraction of sp³-hybridized carbons (Fsp3) is 0.440. The quantitative estimate of drug-likeness (QED) is 0.341. The molecule has 0 fully saturated rings. The molecule has 2 N–H and O–H groups in total. The number of hydrogen-bond acceptors (Lipinski definition) is 8. The Labute approximate surface area is 211 Å². The summed E-state index contributed by atoms with van der Waals surface area (Å²) in [7, 11) is 3.52.